The zero-order valence-corrected chi connectivity index (χ0v) is 9.20. The van der Waals surface area contributed by atoms with Gasteiger partial charge >= 0.3 is 0 Å². The van der Waals surface area contributed by atoms with Crippen LogP contribution in [0.15, 0.2) is 48.5 Å². The molecule has 0 aliphatic carbocycles. The van der Waals surface area contributed by atoms with Gasteiger partial charge in [-0.15, -0.1) is 0 Å². The van der Waals surface area contributed by atoms with Gasteiger partial charge in [0.2, 0.25) is 0 Å². The third-order valence-corrected chi connectivity index (χ3v) is 2.37. The molecule has 0 aromatic heterocycles. The van der Waals surface area contributed by atoms with Gasteiger partial charge < -0.3 is 16.4 Å². The molecule has 2 rings (SSSR count). The van der Waals surface area contributed by atoms with Crippen molar-refractivity contribution in [3.63, 3.8) is 0 Å². The lowest BCUT2D eigenvalue weighted by Crippen LogP contribution is -1.92. The minimum Gasteiger partial charge on any atom is -0.399 e. The molecule has 16 heavy (non-hydrogen) atoms. The lowest BCUT2D eigenvalue weighted by Gasteiger charge is -2.07. The maximum Gasteiger partial charge on any atom is 0.0385 e. The van der Waals surface area contributed by atoms with Gasteiger partial charge in [-0.05, 0) is 48.5 Å². The maximum absolute atomic E-state index is 5.62. The van der Waals surface area contributed by atoms with Crippen LogP contribution in [0.4, 0.5) is 22.7 Å². The second-order valence-electron chi connectivity index (χ2n) is 3.57. The van der Waals surface area contributed by atoms with Crippen LogP contribution in [0.5, 0.6) is 0 Å². The van der Waals surface area contributed by atoms with Crippen LogP contribution >= 0.6 is 0 Å². The molecular formula is C13H15N3. The average molecular weight is 213 g/mol. The Kier molecular flexibility index (Phi) is 2.96. The first-order chi connectivity index (χ1) is 7.78. The molecule has 82 valence electrons. The van der Waals surface area contributed by atoms with Crippen molar-refractivity contribution in [2.24, 2.45) is 0 Å². The number of nitrogens with one attached hydrogen (secondary N) is 2. The normalized spacial score (nSPS) is 9.81. The summed E-state index contributed by atoms with van der Waals surface area (Å²) in [6.45, 7) is 0. The highest BCUT2D eigenvalue weighted by atomic mass is 14.9. The van der Waals surface area contributed by atoms with Gasteiger partial charge in [-0.2, -0.15) is 0 Å². The first-order valence-electron chi connectivity index (χ1n) is 5.18. The van der Waals surface area contributed by atoms with Crippen LogP contribution in [0.25, 0.3) is 0 Å². The minimum atomic E-state index is 0.774. The number of anilines is 4. The van der Waals surface area contributed by atoms with Crippen molar-refractivity contribution in [3.8, 4) is 0 Å². The van der Waals surface area contributed by atoms with Crippen molar-refractivity contribution in [1.82, 2.24) is 0 Å². The second kappa shape index (κ2) is 4.57. The summed E-state index contributed by atoms with van der Waals surface area (Å²) in [5.74, 6) is 0. The van der Waals surface area contributed by atoms with Crippen molar-refractivity contribution in [1.29, 1.82) is 0 Å². The summed E-state index contributed by atoms with van der Waals surface area (Å²) in [5, 5.41) is 6.38. The van der Waals surface area contributed by atoms with Crippen LogP contribution in [-0.2, 0) is 0 Å². The number of nitrogens with two attached hydrogens (primary N) is 1. The molecule has 3 heteroatoms. The highest BCUT2D eigenvalue weighted by Gasteiger charge is 1.94. The first kappa shape index (κ1) is 10.4. The molecule has 0 atom stereocenters. The van der Waals surface area contributed by atoms with Crippen LogP contribution in [-0.4, -0.2) is 7.05 Å². The molecule has 2 aromatic carbocycles. The molecular weight excluding hydrogens is 198 g/mol. The van der Waals surface area contributed by atoms with E-state index in [9.17, 15) is 0 Å². The Morgan fingerprint density at radius 2 is 1.19 bits per heavy atom. The van der Waals surface area contributed by atoms with E-state index in [0.29, 0.717) is 0 Å². The standard InChI is InChI=1S/C13H15N3/c1-15-11-6-8-13(9-7-11)16-12-4-2-10(14)3-5-12/h2-9,15-16H,14H2,1H3. The average Bonchev–Trinajstić information content (AvgIpc) is 2.33. The van der Waals surface area contributed by atoms with Gasteiger partial charge in [0.15, 0.2) is 0 Å². The SMILES string of the molecule is CNc1ccc(Nc2ccc(N)cc2)cc1. The van der Waals surface area contributed by atoms with E-state index in [0.717, 1.165) is 22.7 Å². The van der Waals surface area contributed by atoms with Crippen LogP contribution in [0.3, 0.4) is 0 Å². The van der Waals surface area contributed by atoms with Crippen molar-refractivity contribution < 1.29 is 0 Å². The van der Waals surface area contributed by atoms with Crippen LogP contribution in [0.1, 0.15) is 0 Å². The summed E-state index contributed by atoms with van der Waals surface area (Å²) in [4.78, 5) is 0. The fourth-order valence-electron chi connectivity index (χ4n) is 1.45. The van der Waals surface area contributed by atoms with E-state index < -0.39 is 0 Å². The summed E-state index contributed by atoms with van der Waals surface area (Å²) in [7, 11) is 1.91. The zero-order valence-electron chi connectivity index (χ0n) is 9.20. The predicted octanol–water partition coefficient (Wildman–Crippen LogP) is 3.05. The molecule has 0 unspecified atom stereocenters. The van der Waals surface area contributed by atoms with Gasteiger partial charge in [0.05, 0.1) is 0 Å². The quantitative estimate of drug-likeness (QED) is 0.687. The van der Waals surface area contributed by atoms with E-state index in [4.69, 9.17) is 5.73 Å². The number of hydrogen-bond donors (Lipinski definition) is 3. The Morgan fingerprint density at radius 3 is 1.69 bits per heavy atom. The molecule has 0 saturated carbocycles. The Labute approximate surface area is 95.3 Å². The van der Waals surface area contributed by atoms with E-state index in [1.165, 1.54) is 0 Å². The van der Waals surface area contributed by atoms with Gasteiger partial charge in [0.25, 0.3) is 0 Å². The largest absolute Gasteiger partial charge is 0.399 e. The monoisotopic (exact) mass is 213 g/mol. The van der Waals surface area contributed by atoms with Gasteiger partial charge in [0.1, 0.15) is 0 Å². The van der Waals surface area contributed by atoms with Crippen LogP contribution < -0.4 is 16.4 Å². The molecule has 0 radical (unpaired) electrons. The summed E-state index contributed by atoms with van der Waals surface area (Å²) in [6.07, 6.45) is 0. The molecule has 0 spiro atoms. The summed E-state index contributed by atoms with van der Waals surface area (Å²) in [5.41, 5.74) is 9.59. The Bertz CT molecular complexity index is 446. The predicted molar refractivity (Wildman–Crippen MR) is 70.1 cm³/mol. The molecule has 0 aliphatic heterocycles. The maximum atomic E-state index is 5.62. The molecule has 0 saturated heterocycles. The molecule has 0 heterocycles. The molecule has 4 N–H and O–H groups in total. The van der Waals surface area contributed by atoms with Gasteiger partial charge in [0, 0.05) is 29.8 Å². The van der Waals surface area contributed by atoms with Crippen molar-refractivity contribution in [2.45, 2.75) is 0 Å². The molecule has 3 nitrogen and oxygen atoms in total. The fraction of sp³-hybridized carbons (Fsp3) is 0.0769. The summed E-state index contributed by atoms with van der Waals surface area (Å²) in [6, 6.07) is 15.8. The highest BCUT2D eigenvalue weighted by Crippen LogP contribution is 2.19. The lowest BCUT2D eigenvalue weighted by molar-refractivity contribution is 1.49. The smallest absolute Gasteiger partial charge is 0.0385 e. The molecule has 2 aromatic rings. The fourth-order valence-corrected chi connectivity index (χ4v) is 1.45. The van der Waals surface area contributed by atoms with Gasteiger partial charge in [-0.25, -0.2) is 0 Å². The number of nitrogen functional groups attached to an aromatic ring is 1. The van der Waals surface area contributed by atoms with E-state index in [-0.39, 0.29) is 0 Å². The third-order valence-electron chi connectivity index (χ3n) is 2.37. The Balaban J connectivity index is 2.11. The van der Waals surface area contributed by atoms with Gasteiger partial charge in [-0.1, -0.05) is 0 Å². The minimum absolute atomic E-state index is 0.774. The van der Waals surface area contributed by atoms with Crippen LogP contribution in [0.2, 0.25) is 0 Å². The topological polar surface area (TPSA) is 50.1 Å². The van der Waals surface area contributed by atoms with Crippen LogP contribution in [0, 0.1) is 0 Å². The highest BCUT2D eigenvalue weighted by molar-refractivity contribution is 5.63. The molecule has 0 amide bonds. The summed E-state index contributed by atoms with van der Waals surface area (Å²) >= 11 is 0. The molecule has 0 fully saturated rings. The number of rotatable bonds is 3. The van der Waals surface area contributed by atoms with Crippen molar-refractivity contribution in [3.05, 3.63) is 48.5 Å². The number of hydrogen-bond acceptors (Lipinski definition) is 3. The molecule has 0 bridgehead atoms. The lowest BCUT2D eigenvalue weighted by atomic mass is 10.2. The number of benzene rings is 2. The van der Waals surface area contributed by atoms with Gasteiger partial charge in [-0.3, -0.25) is 0 Å². The Morgan fingerprint density at radius 1 is 0.750 bits per heavy atom. The first-order valence-corrected chi connectivity index (χ1v) is 5.18. The van der Waals surface area contributed by atoms with Crippen molar-refractivity contribution in [2.75, 3.05) is 23.4 Å². The summed E-state index contributed by atoms with van der Waals surface area (Å²) < 4.78 is 0. The Hall–Kier alpha value is -2.16. The molecule has 0 aliphatic rings. The van der Waals surface area contributed by atoms with E-state index in [2.05, 4.69) is 10.6 Å². The van der Waals surface area contributed by atoms with E-state index in [1.807, 2.05) is 55.6 Å². The van der Waals surface area contributed by atoms with E-state index >= 15 is 0 Å². The second-order valence-corrected chi connectivity index (χ2v) is 3.57. The van der Waals surface area contributed by atoms with E-state index in [1.54, 1.807) is 0 Å². The van der Waals surface area contributed by atoms with Crippen molar-refractivity contribution >= 4 is 22.7 Å². The zero-order chi connectivity index (χ0) is 11.4. The third kappa shape index (κ3) is 2.45.